The largest absolute Gasteiger partial charge is 0.490 e. The van der Waals surface area contributed by atoms with Gasteiger partial charge in [0.2, 0.25) is 0 Å². The standard InChI is InChI=1S/C22H27NO4/c1-4-26-19-12-18-17(11-20(19)27-10-9-25-3)14(2)13-23-8-7-16(21(18)23)22(24)15-5-6-15/h7-8,11-12,14-15H,4-6,9-10,13H2,1-3H3. The molecule has 4 rings (SSSR count). The Morgan fingerprint density at radius 1 is 1.19 bits per heavy atom. The van der Waals surface area contributed by atoms with E-state index in [0.29, 0.717) is 25.7 Å². The number of carbonyl (C=O) groups excluding carboxylic acids is 1. The Labute approximate surface area is 160 Å². The molecule has 2 aliphatic rings. The van der Waals surface area contributed by atoms with Crippen LogP contribution in [0, 0.1) is 5.92 Å². The third-order valence-electron chi connectivity index (χ3n) is 5.39. The van der Waals surface area contributed by atoms with Crippen LogP contribution in [0.4, 0.5) is 0 Å². The van der Waals surface area contributed by atoms with Gasteiger partial charge in [0.15, 0.2) is 17.3 Å². The predicted octanol–water partition coefficient (Wildman–Crippen LogP) is 4.29. The van der Waals surface area contributed by atoms with Gasteiger partial charge in [-0.1, -0.05) is 6.92 Å². The molecule has 0 radical (unpaired) electrons. The molecule has 1 fully saturated rings. The molecule has 1 unspecified atom stereocenters. The van der Waals surface area contributed by atoms with Crippen molar-refractivity contribution in [2.24, 2.45) is 5.92 Å². The third-order valence-corrected chi connectivity index (χ3v) is 5.39. The molecule has 2 heterocycles. The second kappa shape index (κ2) is 7.39. The number of benzene rings is 1. The van der Waals surface area contributed by atoms with Crippen LogP contribution in [0.25, 0.3) is 11.3 Å². The van der Waals surface area contributed by atoms with E-state index >= 15 is 0 Å². The molecule has 1 aromatic heterocycles. The number of Topliss-reactive ketones (excluding diaryl/α,β-unsaturated/α-hetero) is 1. The second-order valence-electron chi connectivity index (χ2n) is 7.43. The fourth-order valence-electron chi connectivity index (χ4n) is 3.89. The number of aromatic nitrogens is 1. The Bertz CT molecular complexity index is 850. The fraction of sp³-hybridized carbons (Fsp3) is 0.500. The van der Waals surface area contributed by atoms with Crippen LogP contribution in [-0.4, -0.2) is 37.3 Å². The Hall–Kier alpha value is -2.27. The molecule has 0 saturated heterocycles. The summed E-state index contributed by atoms with van der Waals surface area (Å²) in [6.45, 7) is 6.61. The number of hydrogen-bond donors (Lipinski definition) is 0. The molecule has 1 aliphatic carbocycles. The SMILES string of the molecule is CCOc1cc2c(cc1OCCOC)C(C)Cn1ccc(C(=O)C3CC3)c1-2. The molecule has 144 valence electrons. The minimum absolute atomic E-state index is 0.211. The minimum Gasteiger partial charge on any atom is -0.490 e. The van der Waals surface area contributed by atoms with Gasteiger partial charge < -0.3 is 18.8 Å². The molecule has 1 aromatic carbocycles. The van der Waals surface area contributed by atoms with Crippen molar-refractivity contribution >= 4 is 5.78 Å². The van der Waals surface area contributed by atoms with Crippen LogP contribution in [0.5, 0.6) is 11.5 Å². The highest BCUT2D eigenvalue weighted by Gasteiger charge is 2.35. The first-order valence-electron chi connectivity index (χ1n) is 9.80. The van der Waals surface area contributed by atoms with E-state index < -0.39 is 0 Å². The van der Waals surface area contributed by atoms with Gasteiger partial charge in [0.1, 0.15) is 6.61 Å². The van der Waals surface area contributed by atoms with Gasteiger partial charge in [-0.2, -0.15) is 0 Å². The number of hydrogen-bond acceptors (Lipinski definition) is 4. The van der Waals surface area contributed by atoms with Crippen LogP contribution in [0.15, 0.2) is 24.4 Å². The van der Waals surface area contributed by atoms with Crippen molar-refractivity contribution in [3.63, 3.8) is 0 Å². The summed E-state index contributed by atoms with van der Waals surface area (Å²) in [5, 5.41) is 0. The average Bonchev–Trinajstić information content (AvgIpc) is 3.42. The van der Waals surface area contributed by atoms with Crippen LogP contribution in [0.3, 0.4) is 0 Å². The summed E-state index contributed by atoms with van der Waals surface area (Å²) < 4.78 is 19.1. The fourth-order valence-corrected chi connectivity index (χ4v) is 3.89. The summed E-state index contributed by atoms with van der Waals surface area (Å²) in [5.41, 5.74) is 4.18. The number of methoxy groups -OCH3 is 1. The van der Waals surface area contributed by atoms with Gasteiger partial charge in [0.25, 0.3) is 0 Å². The average molecular weight is 369 g/mol. The van der Waals surface area contributed by atoms with Crippen LogP contribution in [0.2, 0.25) is 0 Å². The zero-order valence-electron chi connectivity index (χ0n) is 16.3. The summed E-state index contributed by atoms with van der Waals surface area (Å²) in [4.78, 5) is 12.8. The van der Waals surface area contributed by atoms with E-state index in [9.17, 15) is 4.79 Å². The van der Waals surface area contributed by atoms with Crippen molar-refractivity contribution in [1.29, 1.82) is 0 Å². The molecule has 0 bridgehead atoms. The maximum atomic E-state index is 12.8. The van der Waals surface area contributed by atoms with E-state index in [1.54, 1.807) is 7.11 Å². The Morgan fingerprint density at radius 2 is 1.96 bits per heavy atom. The normalized spacial score (nSPS) is 18.0. The summed E-state index contributed by atoms with van der Waals surface area (Å²) in [6, 6.07) is 6.12. The lowest BCUT2D eigenvalue weighted by Gasteiger charge is -2.27. The van der Waals surface area contributed by atoms with Gasteiger partial charge >= 0.3 is 0 Å². The zero-order chi connectivity index (χ0) is 19.0. The van der Waals surface area contributed by atoms with E-state index in [2.05, 4.69) is 17.6 Å². The number of fused-ring (bicyclic) bond motifs is 3. The lowest BCUT2D eigenvalue weighted by Crippen LogP contribution is -2.17. The Balaban J connectivity index is 1.78. The first-order valence-corrected chi connectivity index (χ1v) is 9.80. The Kier molecular flexibility index (Phi) is 4.96. The molecule has 5 nitrogen and oxygen atoms in total. The predicted molar refractivity (Wildman–Crippen MR) is 104 cm³/mol. The van der Waals surface area contributed by atoms with Gasteiger partial charge in [-0.15, -0.1) is 0 Å². The van der Waals surface area contributed by atoms with Crippen molar-refractivity contribution in [2.75, 3.05) is 26.9 Å². The van der Waals surface area contributed by atoms with E-state index in [0.717, 1.165) is 47.7 Å². The lowest BCUT2D eigenvalue weighted by atomic mass is 9.88. The maximum Gasteiger partial charge on any atom is 0.168 e. The second-order valence-corrected chi connectivity index (χ2v) is 7.43. The van der Waals surface area contributed by atoms with E-state index in [1.807, 2.05) is 25.3 Å². The molecule has 27 heavy (non-hydrogen) atoms. The number of ether oxygens (including phenoxy) is 3. The topological polar surface area (TPSA) is 49.7 Å². The molecule has 0 amide bonds. The lowest BCUT2D eigenvalue weighted by molar-refractivity contribution is 0.0968. The van der Waals surface area contributed by atoms with Gasteiger partial charge in [-0.3, -0.25) is 4.79 Å². The van der Waals surface area contributed by atoms with Crippen molar-refractivity contribution in [3.05, 3.63) is 35.5 Å². The molecular weight excluding hydrogens is 342 g/mol. The highest BCUT2D eigenvalue weighted by atomic mass is 16.5. The van der Waals surface area contributed by atoms with Gasteiger partial charge in [0, 0.05) is 36.9 Å². The number of ketones is 1. The molecule has 2 aromatic rings. The quantitative estimate of drug-likeness (QED) is 0.514. The van der Waals surface area contributed by atoms with E-state index in [4.69, 9.17) is 14.2 Å². The van der Waals surface area contributed by atoms with Gasteiger partial charge in [0.05, 0.1) is 18.9 Å². The maximum absolute atomic E-state index is 12.8. The van der Waals surface area contributed by atoms with E-state index in [-0.39, 0.29) is 11.7 Å². The van der Waals surface area contributed by atoms with Crippen LogP contribution in [-0.2, 0) is 11.3 Å². The zero-order valence-corrected chi connectivity index (χ0v) is 16.3. The monoisotopic (exact) mass is 369 g/mol. The first kappa shape index (κ1) is 18.1. The van der Waals surface area contributed by atoms with E-state index in [1.165, 1.54) is 5.56 Å². The molecule has 1 atom stereocenters. The molecule has 0 spiro atoms. The summed E-state index contributed by atoms with van der Waals surface area (Å²) >= 11 is 0. The molecule has 0 N–H and O–H groups in total. The number of rotatable bonds is 8. The minimum atomic E-state index is 0.211. The van der Waals surface area contributed by atoms with Crippen molar-refractivity contribution in [3.8, 4) is 22.8 Å². The van der Waals surface area contributed by atoms with Crippen LogP contribution in [0.1, 0.15) is 48.5 Å². The smallest absolute Gasteiger partial charge is 0.168 e. The highest BCUT2D eigenvalue weighted by Crippen LogP contribution is 2.45. The third kappa shape index (κ3) is 3.36. The highest BCUT2D eigenvalue weighted by molar-refractivity contribution is 6.05. The first-order chi connectivity index (χ1) is 13.1. The van der Waals surface area contributed by atoms with Gasteiger partial charge in [-0.25, -0.2) is 0 Å². The van der Waals surface area contributed by atoms with Crippen molar-refractivity contribution in [2.45, 2.75) is 39.2 Å². The van der Waals surface area contributed by atoms with Crippen molar-refractivity contribution < 1.29 is 19.0 Å². The summed E-state index contributed by atoms with van der Waals surface area (Å²) in [7, 11) is 1.66. The van der Waals surface area contributed by atoms with Gasteiger partial charge in [-0.05, 0) is 49.4 Å². The molecule has 1 aliphatic heterocycles. The van der Waals surface area contributed by atoms with Crippen LogP contribution >= 0.6 is 0 Å². The number of nitrogens with zero attached hydrogens (tertiary/aromatic N) is 1. The molecule has 1 saturated carbocycles. The number of carbonyl (C=O) groups is 1. The van der Waals surface area contributed by atoms with Crippen LogP contribution < -0.4 is 9.47 Å². The molecule has 5 heteroatoms. The molecular formula is C22H27NO4. The Morgan fingerprint density at radius 3 is 2.67 bits per heavy atom. The summed E-state index contributed by atoms with van der Waals surface area (Å²) in [6.07, 6.45) is 4.08. The van der Waals surface area contributed by atoms with Crippen molar-refractivity contribution in [1.82, 2.24) is 4.57 Å². The summed E-state index contributed by atoms with van der Waals surface area (Å²) in [5.74, 6) is 2.29.